The number of esters is 1. The number of methoxy groups -OCH3 is 1. The van der Waals surface area contributed by atoms with Gasteiger partial charge in [0.1, 0.15) is 0 Å². The van der Waals surface area contributed by atoms with Gasteiger partial charge in [-0.25, -0.2) is 0 Å². The van der Waals surface area contributed by atoms with Crippen molar-refractivity contribution in [3.8, 4) is 0 Å². The maximum atomic E-state index is 12.0. The standard InChI is InChI=1S/C22H36O2/c1-6-17(2)10-7-11-18-12-8-13-19-21(3,16-20(23)24-5)14-9-15-22(18,19)4/h6-7,10,17-19H,1,8-9,11-16H2,2-5H3. The molecule has 0 spiro atoms. The van der Waals surface area contributed by atoms with E-state index in [1.807, 2.05) is 6.08 Å². The molecule has 2 aliphatic carbocycles. The van der Waals surface area contributed by atoms with Crippen LogP contribution in [0.15, 0.2) is 24.8 Å². The molecule has 0 bridgehead atoms. The monoisotopic (exact) mass is 332 g/mol. The van der Waals surface area contributed by atoms with Crippen molar-refractivity contribution in [1.82, 2.24) is 0 Å². The molecule has 2 fully saturated rings. The van der Waals surface area contributed by atoms with Gasteiger partial charge in [0.05, 0.1) is 13.5 Å². The third-order valence-electron chi connectivity index (χ3n) is 7.09. The van der Waals surface area contributed by atoms with Gasteiger partial charge >= 0.3 is 5.97 Å². The van der Waals surface area contributed by atoms with Crippen molar-refractivity contribution in [1.29, 1.82) is 0 Å². The van der Waals surface area contributed by atoms with Crippen molar-refractivity contribution in [2.24, 2.45) is 28.6 Å². The lowest BCUT2D eigenvalue weighted by Gasteiger charge is -2.58. The zero-order valence-corrected chi connectivity index (χ0v) is 16.1. The molecule has 2 saturated carbocycles. The number of rotatable bonds is 6. The molecule has 2 rings (SSSR count). The fourth-order valence-electron chi connectivity index (χ4n) is 5.62. The second-order valence-electron chi connectivity index (χ2n) is 8.71. The Morgan fingerprint density at radius 1 is 1.29 bits per heavy atom. The van der Waals surface area contributed by atoms with Gasteiger partial charge < -0.3 is 4.74 Å². The normalized spacial score (nSPS) is 37.7. The van der Waals surface area contributed by atoms with Crippen LogP contribution in [0.1, 0.15) is 72.1 Å². The fraction of sp³-hybridized carbons (Fsp3) is 0.773. The minimum absolute atomic E-state index is 0.0384. The van der Waals surface area contributed by atoms with Gasteiger partial charge in [0.25, 0.3) is 0 Å². The molecule has 0 aromatic carbocycles. The van der Waals surface area contributed by atoms with Gasteiger partial charge in [-0.15, -0.1) is 6.58 Å². The van der Waals surface area contributed by atoms with Crippen molar-refractivity contribution >= 4 is 5.97 Å². The van der Waals surface area contributed by atoms with Crippen molar-refractivity contribution < 1.29 is 9.53 Å². The van der Waals surface area contributed by atoms with Crippen LogP contribution in [0.4, 0.5) is 0 Å². The summed E-state index contributed by atoms with van der Waals surface area (Å²) in [4.78, 5) is 12.0. The Morgan fingerprint density at radius 2 is 2.04 bits per heavy atom. The molecular weight excluding hydrogens is 296 g/mol. The number of allylic oxidation sites excluding steroid dienone is 3. The molecule has 136 valence electrons. The van der Waals surface area contributed by atoms with Crippen LogP contribution in [-0.4, -0.2) is 13.1 Å². The fourth-order valence-corrected chi connectivity index (χ4v) is 5.62. The highest BCUT2D eigenvalue weighted by atomic mass is 16.5. The van der Waals surface area contributed by atoms with Crippen LogP contribution in [0.2, 0.25) is 0 Å². The van der Waals surface area contributed by atoms with Crippen LogP contribution >= 0.6 is 0 Å². The summed E-state index contributed by atoms with van der Waals surface area (Å²) in [6.07, 6.45) is 16.0. The third kappa shape index (κ3) is 3.95. The lowest BCUT2D eigenvalue weighted by molar-refractivity contribution is -0.150. The van der Waals surface area contributed by atoms with E-state index in [0.29, 0.717) is 23.7 Å². The van der Waals surface area contributed by atoms with E-state index in [4.69, 9.17) is 4.74 Å². The highest BCUT2D eigenvalue weighted by molar-refractivity contribution is 5.70. The predicted molar refractivity (Wildman–Crippen MR) is 101 cm³/mol. The summed E-state index contributed by atoms with van der Waals surface area (Å²) in [6.45, 7) is 10.9. The molecule has 0 radical (unpaired) electrons. The number of fused-ring (bicyclic) bond motifs is 1. The number of carbonyl (C=O) groups excluding carboxylic acids is 1. The third-order valence-corrected chi connectivity index (χ3v) is 7.09. The summed E-state index contributed by atoms with van der Waals surface area (Å²) in [5, 5.41) is 0. The van der Waals surface area contributed by atoms with Gasteiger partial charge in [-0.3, -0.25) is 4.79 Å². The van der Waals surface area contributed by atoms with Crippen LogP contribution in [-0.2, 0) is 9.53 Å². The lowest BCUT2D eigenvalue weighted by Crippen LogP contribution is -2.50. The first-order valence-corrected chi connectivity index (χ1v) is 9.72. The first kappa shape index (κ1) is 19.3. The lowest BCUT2D eigenvalue weighted by atomic mass is 9.47. The van der Waals surface area contributed by atoms with Crippen molar-refractivity contribution in [3.63, 3.8) is 0 Å². The minimum Gasteiger partial charge on any atom is -0.469 e. The summed E-state index contributed by atoms with van der Waals surface area (Å²) < 4.78 is 5.00. The van der Waals surface area contributed by atoms with E-state index in [1.165, 1.54) is 52.1 Å². The number of ether oxygens (including phenoxy) is 1. The topological polar surface area (TPSA) is 26.3 Å². The number of hydrogen-bond donors (Lipinski definition) is 0. The van der Waals surface area contributed by atoms with Crippen molar-refractivity contribution in [2.45, 2.75) is 72.1 Å². The molecule has 0 aromatic heterocycles. The number of carbonyl (C=O) groups is 1. The largest absolute Gasteiger partial charge is 0.469 e. The molecule has 0 aromatic rings. The molecule has 0 saturated heterocycles. The summed E-state index contributed by atoms with van der Waals surface area (Å²) in [6, 6.07) is 0. The molecule has 0 N–H and O–H groups in total. The van der Waals surface area contributed by atoms with E-state index in [2.05, 4.69) is 39.5 Å². The Bertz CT molecular complexity index is 480. The highest BCUT2D eigenvalue weighted by Crippen LogP contribution is 2.61. The quantitative estimate of drug-likeness (QED) is 0.445. The Labute approximate surface area is 148 Å². The summed E-state index contributed by atoms with van der Waals surface area (Å²) in [5.74, 6) is 1.79. The van der Waals surface area contributed by atoms with Gasteiger partial charge in [0.15, 0.2) is 0 Å². The van der Waals surface area contributed by atoms with Crippen LogP contribution in [0, 0.1) is 28.6 Å². The number of hydrogen-bond acceptors (Lipinski definition) is 2. The molecule has 2 nitrogen and oxygen atoms in total. The van der Waals surface area contributed by atoms with Crippen molar-refractivity contribution in [3.05, 3.63) is 24.8 Å². The van der Waals surface area contributed by atoms with Crippen LogP contribution in [0.5, 0.6) is 0 Å². The minimum atomic E-state index is -0.0384. The zero-order chi connectivity index (χ0) is 17.8. The molecule has 2 aliphatic rings. The predicted octanol–water partition coefficient (Wildman–Crippen LogP) is 5.93. The first-order chi connectivity index (χ1) is 11.4. The Morgan fingerprint density at radius 3 is 2.71 bits per heavy atom. The average Bonchev–Trinajstić information content (AvgIpc) is 2.55. The van der Waals surface area contributed by atoms with Gasteiger partial charge in [-0.05, 0) is 60.7 Å². The van der Waals surface area contributed by atoms with E-state index in [1.54, 1.807) is 0 Å². The average molecular weight is 333 g/mol. The summed E-state index contributed by atoms with van der Waals surface area (Å²) in [5.41, 5.74) is 0.470. The first-order valence-electron chi connectivity index (χ1n) is 9.72. The van der Waals surface area contributed by atoms with E-state index in [9.17, 15) is 4.79 Å². The second-order valence-corrected chi connectivity index (χ2v) is 8.71. The summed E-state index contributed by atoms with van der Waals surface area (Å²) in [7, 11) is 1.52. The molecular formula is C22H36O2. The smallest absolute Gasteiger partial charge is 0.306 e. The Balaban J connectivity index is 2.16. The van der Waals surface area contributed by atoms with Crippen LogP contribution < -0.4 is 0 Å². The molecule has 5 unspecified atom stereocenters. The molecule has 0 heterocycles. The van der Waals surface area contributed by atoms with Gasteiger partial charge in [0, 0.05) is 0 Å². The van der Waals surface area contributed by atoms with E-state index >= 15 is 0 Å². The molecule has 5 atom stereocenters. The van der Waals surface area contributed by atoms with Crippen molar-refractivity contribution in [2.75, 3.05) is 7.11 Å². The molecule has 0 aliphatic heterocycles. The maximum absolute atomic E-state index is 12.0. The van der Waals surface area contributed by atoms with Gasteiger partial charge in [0.2, 0.25) is 0 Å². The van der Waals surface area contributed by atoms with Gasteiger partial charge in [-0.2, -0.15) is 0 Å². The summed E-state index contributed by atoms with van der Waals surface area (Å²) >= 11 is 0. The molecule has 24 heavy (non-hydrogen) atoms. The maximum Gasteiger partial charge on any atom is 0.306 e. The van der Waals surface area contributed by atoms with E-state index in [0.717, 1.165) is 5.92 Å². The van der Waals surface area contributed by atoms with E-state index in [-0.39, 0.29) is 11.4 Å². The second kappa shape index (κ2) is 7.89. The Hall–Kier alpha value is -1.05. The molecule has 2 heteroatoms. The molecule has 0 amide bonds. The van der Waals surface area contributed by atoms with Crippen LogP contribution in [0.25, 0.3) is 0 Å². The zero-order valence-electron chi connectivity index (χ0n) is 16.1. The van der Waals surface area contributed by atoms with Gasteiger partial charge in [-0.1, -0.05) is 51.8 Å². The SMILES string of the molecule is C=CC(C)C=CCC1CCCC2C(C)(CC(=O)OC)CCCC12C. The van der Waals surface area contributed by atoms with Crippen LogP contribution in [0.3, 0.4) is 0 Å². The Kier molecular flexibility index (Phi) is 6.33. The van der Waals surface area contributed by atoms with E-state index < -0.39 is 0 Å². The highest BCUT2D eigenvalue weighted by Gasteiger charge is 2.53.